The molecule has 0 saturated heterocycles. The largest absolute Gasteiger partial charge is 0.508 e. The zero-order valence-electron chi connectivity index (χ0n) is 10.1. The molecule has 2 aromatic rings. The van der Waals surface area contributed by atoms with Gasteiger partial charge in [0, 0.05) is 0 Å². The van der Waals surface area contributed by atoms with E-state index in [4.69, 9.17) is 0 Å². The zero-order valence-corrected chi connectivity index (χ0v) is 10.1. The standard InChI is InChI=1S/C14H15FN2O/c1-2-12(10-6-8-11(18)9-7-10)16-14-5-3-4-13(15)17-14/h3-9,12,18H,2H2,1H3,(H,16,17). The summed E-state index contributed by atoms with van der Waals surface area (Å²) in [7, 11) is 0. The van der Waals surface area contributed by atoms with Crippen LogP contribution >= 0.6 is 0 Å². The minimum atomic E-state index is -0.499. The van der Waals surface area contributed by atoms with Gasteiger partial charge in [-0.15, -0.1) is 0 Å². The van der Waals surface area contributed by atoms with Crippen LogP contribution in [0.15, 0.2) is 42.5 Å². The SMILES string of the molecule is CCC(Nc1cccc(F)n1)c1ccc(O)cc1. The first kappa shape index (κ1) is 12.4. The Labute approximate surface area is 105 Å². The van der Waals surface area contributed by atoms with Crippen LogP contribution in [-0.2, 0) is 0 Å². The van der Waals surface area contributed by atoms with E-state index in [1.807, 2.05) is 19.1 Å². The normalized spacial score (nSPS) is 12.1. The fourth-order valence-corrected chi connectivity index (χ4v) is 1.79. The molecular formula is C14H15FN2O. The van der Waals surface area contributed by atoms with E-state index in [0.717, 1.165) is 12.0 Å². The first-order valence-corrected chi connectivity index (χ1v) is 5.87. The van der Waals surface area contributed by atoms with Crippen LogP contribution < -0.4 is 5.32 Å². The van der Waals surface area contributed by atoms with Crippen LogP contribution in [0, 0.1) is 5.95 Å². The maximum Gasteiger partial charge on any atom is 0.214 e. The smallest absolute Gasteiger partial charge is 0.214 e. The van der Waals surface area contributed by atoms with Crippen molar-refractivity contribution in [2.24, 2.45) is 0 Å². The van der Waals surface area contributed by atoms with Crippen LogP contribution in [0.4, 0.5) is 10.2 Å². The molecule has 2 N–H and O–H groups in total. The van der Waals surface area contributed by atoms with Gasteiger partial charge < -0.3 is 10.4 Å². The molecule has 1 aromatic carbocycles. The van der Waals surface area contributed by atoms with Gasteiger partial charge in [0.1, 0.15) is 11.6 Å². The van der Waals surface area contributed by atoms with E-state index < -0.39 is 5.95 Å². The van der Waals surface area contributed by atoms with Gasteiger partial charge in [-0.1, -0.05) is 25.1 Å². The lowest BCUT2D eigenvalue weighted by molar-refractivity contribution is 0.475. The quantitative estimate of drug-likeness (QED) is 0.812. The summed E-state index contributed by atoms with van der Waals surface area (Å²) in [6, 6.07) is 11.7. The van der Waals surface area contributed by atoms with Gasteiger partial charge in [0.25, 0.3) is 0 Å². The van der Waals surface area contributed by atoms with E-state index in [1.54, 1.807) is 24.3 Å². The van der Waals surface area contributed by atoms with Crippen molar-refractivity contribution in [3.05, 3.63) is 54.0 Å². The molecule has 0 saturated carbocycles. The van der Waals surface area contributed by atoms with Crippen LogP contribution in [0.3, 0.4) is 0 Å². The van der Waals surface area contributed by atoms with Gasteiger partial charge in [0.2, 0.25) is 5.95 Å². The van der Waals surface area contributed by atoms with Crippen molar-refractivity contribution in [1.29, 1.82) is 0 Å². The maximum absolute atomic E-state index is 13.0. The molecular weight excluding hydrogens is 231 g/mol. The van der Waals surface area contributed by atoms with Crippen LogP contribution in [-0.4, -0.2) is 10.1 Å². The number of benzene rings is 1. The molecule has 1 atom stereocenters. The highest BCUT2D eigenvalue weighted by molar-refractivity contribution is 5.39. The molecule has 1 unspecified atom stereocenters. The van der Waals surface area contributed by atoms with Gasteiger partial charge >= 0.3 is 0 Å². The third-order valence-corrected chi connectivity index (χ3v) is 2.74. The Morgan fingerprint density at radius 2 is 1.94 bits per heavy atom. The number of aromatic hydroxyl groups is 1. The number of pyridine rings is 1. The molecule has 94 valence electrons. The monoisotopic (exact) mass is 246 g/mol. The first-order chi connectivity index (χ1) is 8.69. The first-order valence-electron chi connectivity index (χ1n) is 5.87. The Morgan fingerprint density at radius 3 is 2.56 bits per heavy atom. The maximum atomic E-state index is 13.0. The van der Waals surface area contributed by atoms with E-state index in [1.165, 1.54) is 6.07 Å². The molecule has 18 heavy (non-hydrogen) atoms. The van der Waals surface area contributed by atoms with Crippen LogP contribution in [0.5, 0.6) is 5.75 Å². The molecule has 0 spiro atoms. The minimum absolute atomic E-state index is 0.0416. The second-order valence-corrected chi connectivity index (χ2v) is 4.04. The van der Waals surface area contributed by atoms with Gasteiger partial charge in [-0.3, -0.25) is 0 Å². The van der Waals surface area contributed by atoms with Crippen molar-refractivity contribution in [3.8, 4) is 5.75 Å². The summed E-state index contributed by atoms with van der Waals surface area (Å²) in [5, 5.41) is 12.4. The van der Waals surface area contributed by atoms with E-state index in [-0.39, 0.29) is 11.8 Å². The average molecular weight is 246 g/mol. The molecule has 0 aliphatic carbocycles. The number of rotatable bonds is 4. The number of halogens is 1. The molecule has 0 fully saturated rings. The summed E-state index contributed by atoms with van der Waals surface area (Å²) < 4.78 is 13.0. The Hall–Kier alpha value is -2.10. The van der Waals surface area contributed by atoms with Gasteiger partial charge in [-0.2, -0.15) is 4.39 Å². The number of phenols is 1. The van der Waals surface area contributed by atoms with E-state index in [2.05, 4.69) is 10.3 Å². The lowest BCUT2D eigenvalue weighted by atomic mass is 10.0. The highest BCUT2D eigenvalue weighted by atomic mass is 19.1. The lowest BCUT2D eigenvalue weighted by Gasteiger charge is -2.18. The van der Waals surface area contributed by atoms with Crippen LogP contribution in [0.1, 0.15) is 24.9 Å². The summed E-state index contributed by atoms with van der Waals surface area (Å²) in [5.74, 6) is 0.243. The van der Waals surface area contributed by atoms with Gasteiger partial charge in [0.05, 0.1) is 6.04 Å². The van der Waals surface area contributed by atoms with Crippen molar-refractivity contribution in [3.63, 3.8) is 0 Å². The second kappa shape index (κ2) is 5.49. The van der Waals surface area contributed by atoms with Crippen LogP contribution in [0.2, 0.25) is 0 Å². The van der Waals surface area contributed by atoms with Gasteiger partial charge in [-0.05, 0) is 36.2 Å². The highest BCUT2D eigenvalue weighted by Gasteiger charge is 2.09. The molecule has 0 radical (unpaired) electrons. The highest BCUT2D eigenvalue weighted by Crippen LogP contribution is 2.23. The fourth-order valence-electron chi connectivity index (χ4n) is 1.79. The third kappa shape index (κ3) is 2.97. The Kier molecular flexibility index (Phi) is 3.77. The molecule has 0 amide bonds. The summed E-state index contributed by atoms with van der Waals surface area (Å²) >= 11 is 0. The Balaban J connectivity index is 2.17. The fraction of sp³-hybridized carbons (Fsp3) is 0.214. The van der Waals surface area contributed by atoms with E-state index in [9.17, 15) is 9.50 Å². The predicted molar refractivity (Wildman–Crippen MR) is 69.0 cm³/mol. The second-order valence-electron chi connectivity index (χ2n) is 4.04. The predicted octanol–water partition coefficient (Wildman–Crippen LogP) is 3.49. The van der Waals surface area contributed by atoms with Gasteiger partial charge in [-0.25, -0.2) is 4.98 Å². The number of hydrogen-bond acceptors (Lipinski definition) is 3. The number of nitrogens with one attached hydrogen (secondary N) is 1. The summed E-state index contributed by atoms with van der Waals surface area (Å²) in [5.41, 5.74) is 1.03. The average Bonchev–Trinajstić information content (AvgIpc) is 2.37. The minimum Gasteiger partial charge on any atom is -0.508 e. The number of anilines is 1. The van der Waals surface area contributed by atoms with Crippen LogP contribution in [0.25, 0.3) is 0 Å². The Bertz CT molecular complexity index is 513. The number of hydrogen-bond donors (Lipinski definition) is 2. The summed E-state index contributed by atoms with van der Waals surface area (Å²) in [4.78, 5) is 3.78. The third-order valence-electron chi connectivity index (χ3n) is 2.74. The molecule has 0 bridgehead atoms. The number of nitrogens with zero attached hydrogens (tertiary/aromatic N) is 1. The van der Waals surface area contributed by atoms with Crippen molar-refractivity contribution in [2.75, 3.05) is 5.32 Å². The topological polar surface area (TPSA) is 45.2 Å². The Morgan fingerprint density at radius 1 is 1.22 bits per heavy atom. The van der Waals surface area contributed by atoms with E-state index in [0.29, 0.717) is 5.82 Å². The van der Waals surface area contributed by atoms with Crippen molar-refractivity contribution < 1.29 is 9.50 Å². The van der Waals surface area contributed by atoms with Crippen molar-refractivity contribution in [2.45, 2.75) is 19.4 Å². The number of phenolic OH excluding ortho intramolecular Hbond substituents is 1. The number of aromatic nitrogens is 1. The summed E-state index contributed by atoms with van der Waals surface area (Å²) in [6.45, 7) is 2.03. The van der Waals surface area contributed by atoms with Gasteiger partial charge in [0.15, 0.2) is 0 Å². The van der Waals surface area contributed by atoms with Crippen molar-refractivity contribution in [1.82, 2.24) is 4.98 Å². The summed E-state index contributed by atoms with van der Waals surface area (Å²) in [6.07, 6.45) is 0.836. The molecule has 0 aliphatic rings. The van der Waals surface area contributed by atoms with E-state index >= 15 is 0 Å². The molecule has 1 heterocycles. The molecule has 2 rings (SSSR count). The molecule has 4 heteroatoms. The van der Waals surface area contributed by atoms with Crippen molar-refractivity contribution >= 4 is 5.82 Å². The molecule has 0 aliphatic heterocycles. The molecule has 3 nitrogen and oxygen atoms in total. The lowest BCUT2D eigenvalue weighted by Crippen LogP contribution is -2.10. The zero-order chi connectivity index (χ0) is 13.0. The molecule has 1 aromatic heterocycles.